The van der Waals surface area contributed by atoms with Crippen molar-refractivity contribution in [1.82, 2.24) is 5.43 Å². The zero-order valence-electron chi connectivity index (χ0n) is 16.1. The van der Waals surface area contributed by atoms with E-state index in [0.29, 0.717) is 5.56 Å². The van der Waals surface area contributed by atoms with E-state index in [9.17, 15) is 4.79 Å². The zero-order valence-corrected chi connectivity index (χ0v) is 16.1. The Labute approximate surface area is 160 Å². The Morgan fingerprint density at radius 2 is 1.85 bits per heavy atom. The molecule has 0 aliphatic carbocycles. The smallest absolute Gasteiger partial charge is 0.271 e. The average Bonchev–Trinajstić information content (AvgIpc) is 2.69. The number of benzene rings is 2. The molecule has 27 heavy (non-hydrogen) atoms. The van der Waals surface area contributed by atoms with Gasteiger partial charge in [-0.15, -0.1) is 0 Å². The summed E-state index contributed by atoms with van der Waals surface area (Å²) in [5.74, 6) is -0.223. The number of anilines is 2. The van der Waals surface area contributed by atoms with E-state index in [4.69, 9.17) is 4.74 Å². The molecule has 6 nitrogen and oxygen atoms in total. The van der Waals surface area contributed by atoms with Crippen molar-refractivity contribution < 1.29 is 9.53 Å². The van der Waals surface area contributed by atoms with E-state index in [0.717, 1.165) is 43.1 Å². The molecule has 3 rings (SSSR count). The van der Waals surface area contributed by atoms with Gasteiger partial charge in [-0.05, 0) is 54.4 Å². The second-order valence-electron chi connectivity index (χ2n) is 6.78. The van der Waals surface area contributed by atoms with Crippen LogP contribution < -0.4 is 15.2 Å². The molecule has 0 spiro atoms. The summed E-state index contributed by atoms with van der Waals surface area (Å²) in [5, 5.41) is 4.11. The van der Waals surface area contributed by atoms with Crippen LogP contribution in [-0.2, 0) is 4.74 Å². The Bertz CT molecular complexity index is 809. The lowest BCUT2D eigenvalue weighted by atomic mass is 10.1. The lowest BCUT2D eigenvalue weighted by molar-refractivity contribution is 0.0955. The predicted molar refractivity (Wildman–Crippen MR) is 110 cm³/mol. The number of amides is 1. The molecule has 142 valence electrons. The molecule has 1 fully saturated rings. The predicted octanol–water partition coefficient (Wildman–Crippen LogP) is 2.66. The van der Waals surface area contributed by atoms with Crippen molar-refractivity contribution in [2.45, 2.75) is 6.92 Å². The van der Waals surface area contributed by atoms with Gasteiger partial charge in [0.2, 0.25) is 0 Å². The minimum Gasteiger partial charge on any atom is -0.378 e. The van der Waals surface area contributed by atoms with Crippen LogP contribution in [0.25, 0.3) is 0 Å². The van der Waals surface area contributed by atoms with Gasteiger partial charge in [0.15, 0.2) is 0 Å². The molecule has 1 aliphatic rings. The quantitative estimate of drug-likeness (QED) is 0.653. The zero-order chi connectivity index (χ0) is 19.2. The molecule has 1 heterocycles. The highest BCUT2D eigenvalue weighted by Gasteiger charge is 2.11. The standard InChI is InChI=1S/C21H26N4O2/c1-16-14-20(25-10-12-27-13-11-25)9-6-18(16)15-22-23-21(26)17-4-7-19(8-5-17)24(2)3/h4-9,14-15H,10-13H2,1-3H3,(H,23,26)/b22-15+. The molecule has 1 N–H and O–H groups in total. The van der Waals surface area contributed by atoms with Crippen LogP contribution in [0.15, 0.2) is 47.6 Å². The van der Waals surface area contributed by atoms with Crippen molar-refractivity contribution >= 4 is 23.5 Å². The number of carbonyl (C=O) groups is 1. The van der Waals surface area contributed by atoms with Crippen LogP contribution in [-0.4, -0.2) is 52.5 Å². The van der Waals surface area contributed by atoms with Crippen molar-refractivity contribution in [1.29, 1.82) is 0 Å². The number of ether oxygens (including phenoxy) is 1. The molecule has 1 saturated heterocycles. The lowest BCUT2D eigenvalue weighted by Gasteiger charge is -2.29. The lowest BCUT2D eigenvalue weighted by Crippen LogP contribution is -2.36. The number of carbonyl (C=O) groups excluding carboxylic acids is 1. The van der Waals surface area contributed by atoms with Gasteiger partial charge in [0.05, 0.1) is 19.4 Å². The topological polar surface area (TPSA) is 57.2 Å². The Kier molecular flexibility index (Phi) is 6.08. The Balaban J connectivity index is 1.61. The maximum Gasteiger partial charge on any atom is 0.271 e. The first-order valence-electron chi connectivity index (χ1n) is 9.09. The molecule has 6 heteroatoms. The van der Waals surface area contributed by atoms with Crippen LogP contribution in [0.5, 0.6) is 0 Å². The van der Waals surface area contributed by atoms with E-state index >= 15 is 0 Å². The van der Waals surface area contributed by atoms with Gasteiger partial charge >= 0.3 is 0 Å². The van der Waals surface area contributed by atoms with Gasteiger partial charge in [-0.25, -0.2) is 5.43 Å². The molecule has 0 unspecified atom stereocenters. The fourth-order valence-electron chi connectivity index (χ4n) is 2.96. The number of hydrazone groups is 1. The summed E-state index contributed by atoms with van der Waals surface area (Å²) in [5.41, 5.74) is 7.51. The number of nitrogens with one attached hydrogen (secondary N) is 1. The third-order valence-corrected chi connectivity index (χ3v) is 4.65. The monoisotopic (exact) mass is 366 g/mol. The molecule has 2 aromatic carbocycles. The maximum absolute atomic E-state index is 12.2. The summed E-state index contributed by atoms with van der Waals surface area (Å²) < 4.78 is 5.40. The summed E-state index contributed by atoms with van der Waals surface area (Å²) in [7, 11) is 3.93. The first-order valence-corrected chi connectivity index (χ1v) is 9.09. The highest BCUT2D eigenvalue weighted by Crippen LogP contribution is 2.19. The van der Waals surface area contributed by atoms with Crippen LogP contribution in [0.1, 0.15) is 21.5 Å². The fourth-order valence-corrected chi connectivity index (χ4v) is 2.96. The van der Waals surface area contributed by atoms with Gasteiger partial charge in [-0.2, -0.15) is 5.10 Å². The van der Waals surface area contributed by atoms with Crippen molar-refractivity contribution in [2.75, 3.05) is 50.2 Å². The molecule has 0 saturated carbocycles. The van der Waals surface area contributed by atoms with Crippen LogP contribution in [0.4, 0.5) is 11.4 Å². The number of morpholine rings is 1. The van der Waals surface area contributed by atoms with Gasteiger partial charge in [0.1, 0.15) is 0 Å². The Morgan fingerprint density at radius 3 is 2.48 bits per heavy atom. The van der Waals surface area contributed by atoms with Gasteiger partial charge in [0, 0.05) is 44.1 Å². The third kappa shape index (κ3) is 4.86. The minimum absolute atomic E-state index is 0.223. The largest absolute Gasteiger partial charge is 0.378 e. The fraction of sp³-hybridized carbons (Fsp3) is 0.333. The summed E-state index contributed by atoms with van der Waals surface area (Å²) in [6, 6.07) is 13.7. The van der Waals surface area contributed by atoms with E-state index < -0.39 is 0 Å². The Hall–Kier alpha value is -2.86. The number of hydrogen-bond donors (Lipinski definition) is 1. The van der Waals surface area contributed by atoms with Crippen LogP contribution in [0, 0.1) is 6.92 Å². The maximum atomic E-state index is 12.2. The van der Waals surface area contributed by atoms with E-state index in [1.54, 1.807) is 18.3 Å². The van der Waals surface area contributed by atoms with E-state index in [2.05, 4.69) is 27.6 Å². The minimum atomic E-state index is -0.223. The molecule has 2 aromatic rings. The van der Waals surface area contributed by atoms with Gasteiger partial charge in [-0.1, -0.05) is 6.07 Å². The van der Waals surface area contributed by atoms with Crippen molar-refractivity contribution in [3.8, 4) is 0 Å². The second-order valence-corrected chi connectivity index (χ2v) is 6.78. The molecular formula is C21H26N4O2. The summed E-state index contributed by atoms with van der Waals surface area (Å²) in [4.78, 5) is 16.5. The molecule has 1 amide bonds. The third-order valence-electron chi connectivity index (χ3n) is 4.65. The van der Waals surface area contributed by atoms with Crippen LogP contribution in [0.2, 0.25) is 0 Å². The molecule has 0 bridgehead atoms. The highest BCUT2D eigenvalue weighted by molar-refractivity contribution is 5.95. The van der Waals surface area contributed by atoms with Crippen molar-refractivity contribution in [2.24, 2.45) is 5.10 Å². The SMILES string of the molecule is Cc1cc(N2CCOCC2)ccc1/C=N/NC(=O)c1ccc(N(C)C)cc1. The van der Waals surface area contributed by atoms with Crippen LogP contribution >= 0.6 is 0 Å². The van der Waals surface area contributed by atoms with Gasteiger partial charge < -0.3 is 14.5 Å². The summed E-state index contributed by atoms with van der Waals surface area (Å²) in [6.07, 6.45) is 1.69. The van der Waals surface area contributed by atoms with Crippen LogP contribution in [0.3, 0.4) is 0 Å². The molecule has 0 aromatic heterocycles. The van der Waals surface area contributed by atoms with Crippen molar-refractivity contribution in [3.63, 3.8) is 0 Å². The second kappa shape index (κ2) is 8.68. The highest BCUT2D eigenvalue weighted by atomic mass is 16.5. The van der Waals surface area contributed by atoms with E-state index in [1.807, 2.05) is 44.1 Å². The average molecular weight is 366 g/mol. The summed E-state index contributed by atoms with van der Waals surface area (Å²) in [6.45, 7) is 5.41. The molecule has 1 aliphatic heterocycles. The summed E-state index contributed by atoms with van der Waals surface area (Å²) >= 11 is 0. The number of aryl methyl sites for hydroxylation is 1. The number of hydrogen-bond acceptors (Lipinski definition) is 5. The van der Waals surface area contributed by atoms with Gasteiger partial charge in [-0.3, -0.25) is 4.79 Å². The first kappa shape index (κ1) is 18.9. The molecule has 0 atom stereocenters. The first-order chi connectivity index (χ1) is 13.0. The molecular weight excluding hydrogens is 340 g/mol. The normalized spacial score (nSPS) is 14.4. The number of nitrogens with zero attached hydrogens (tertiary/aromatic N) is 3. The molecule has 0 radical (unpaired) electrons. The Morgan fingerprint density at radius 1 is 1.15 bits per heavy atom. The van der Waals surface area contributed by atoms with E-state index in [1.165, 1.54) is 5.69 Å². The van der Waals surface area contributed by atoms with Gasteiger partial charge in [0.25, 0.3) is 5.91 Å². The number of rotatable bonds is 5. The van der Waals surface area contributed by atoms with E-state index in [-0.39, 0.29) is 5.91 Å². The van der Waals surface area contributed by atoms with Crippen molar-refractivity contribution in [3.05, 3.63) is 59.2 Å².